The minimum atomic E-state index is -0.835. The number of methoxy groups -OCH3 is 1. The summed E-state index contributed by atoms with van der Waals surface area (Å²) in [6.45, 7) is 1.22. The molecule has 1 aliphatic carbocycles. The number of carboxylic acids is 1. The van der Waals surface area contributed by atoms with Crippen LogP contribution in [0.25, 0.3) is 0 Å². The van der Waals surface area contributed by atoms with Crippen LogP contribution in [-0.4, -0.2) is 51.6 Å². The third kappa shape index (κ3) is 3.97. The standard InChI is InChI=1S/C11H18N4O4/c1-18-4-5-19-7-10-12-13-14-15(10)9(6-11(16)17)8-2-3-8/h8-9H,2-7H2,1H3,(H,16,17). The maximum atomic E-state index is 10.9. The first-order valence-electron chi connectivity index (χ1n) is 6.27. The van der Waals surface area contributed by atoms with Crippen molar-refractivity contribution >= 4 is 5.97 Å². The molecule has 2 rings (SSSR count). The van der Waals surface area contributed by atoms with Gasteiger partial charge >= 0.3 is 5.97 Å². The average molecular weight is 270 g/mol. The van der Waals surface area contributed by atoms with Crippen molar-refractivity contribution in [3.63, 3.8) is 0 Å². The highest BCUT2D eigenvalue weighted by Crippen LogP contribution is 2.41. The lowest BCUT2D eigenvalue weighted by Crippen LogP contribution is -2.20. The molecule has 0 amide bonds. The molecule has 1 heterocycles. The van der Waals surface area contributed by atoms with Crippen molar-refractivity contribution in [3.05, 3.63) is 5.82 Å². The molecule has 0 saturated heterocycles. The van der Waals surface area contributed by atoms with Crippen LogP contribution >= 0.6 is 0 Å². The van der Waals surface area contributed by atoms with Crippen molar-refractivity contribution in [2.45, 2.75) is 31.9 Å². The Morgan fingerprint density at radius 3 is 2.95 bits per heavy atom. The second kappa shape index (κ2) is 6.58. The highest BCUT2D eigenvalue weighted by Gasteiger charge is 2.36. The SMILES string of the molecule is COCCOCc1nnnn1C(CC(=O)O)C1CC1. The van der Waals surface area contributed by atoms with Gasteiger partial charge in [0.15, 0.2) is 5.82 Å². The molecule has 1 N–H and O–H groups in total. The van der Waals surface area contributed by atoms with Gasteiger partial charge in [0, 0.05) is 7.11 Å². The van der Waals surface area contributed by atoms with Crippen LogP contribution in [0.2, 0.25) is 0 Å². The molecule has 0 radical (unpaired) electrons. The van der Waals surface area contributed by atoms with Crippen LogP contribution in [0.15, 0.2) is 0 Å². The number of tetrazole rings is 1. The van der Waals surface area contributed by atoms with E-state index in [4.69, 9.17) is 14.6 Å². The number of rotatable bonds is 9. The molecule has 19 heavy (non-hydrogen) atoms. The Morgan fingerprint density at radius 2 is 2.32 bits per heavy atom. The number of ether oxygens (including phenoxy) is 2. The summed E-state index contributed by atoms with van der Waals surface area (Å²) in [6.07, 6.45) is 2.10. The second-order valence-corrected chi connectivity index (χ2v) is 4.59. The van der Waals surface area contributed by atoms with E-state index < -0.39 is 5.97 Å². The lowest BCUT2D eigenvalue weighted by atomic mass is 10.1. The van der Waals surface area contributed by atoms with E-state index in [-0.39, 0.29) is 19.1 Å². The molecule has 0 aromatic carbocycles. The maximum Gasteiger partial charge on any atom is 0.305 e. The second-order valence-electron chi connectivity index (χ2n) is 4.59. The Balaban J connectivity index is 1.97. The van der Waals surface area contributed by atoms with Gasteiger partial charge < -0.3 is 14.6 Å². The Morgan fingerprint density at radius 1 is 1.53 bits per heavy atom. The van der Waals surface area contributed by atoms with E-state index in [0.717, 1.165) is 12.8 Å². The predicted molar refractivity (Wildman–Crippen MR) is 63.4 cm³/mol. The first-order chi connectivity index (χ1) is 9.22. The molecule has 1 aromatic rings. The molecule has 8 nitrogen and oxygen atoms in total. The summed E-state index contributed by atoms with van der Waals surface area (Å²) in [5, 5.41) is 20.4. The number of carboxylic acid groups (broad SMARTS) is 1. The third-order valence-electron chi connectivity index (χ3n) is 3.09. The van der Waals surface area contributed by atoms with E-state index >= 15 is 0 Å². The Hall–Kier alpha value is -1.54. The largest absolute Gasteiger partial charge is 0.481 e. The first kappa shape index (κ1) is 13.9. The quantitative estimate of drug-likeness (QED) is 0.642. The van der Waals surface area contributed by atoms with Gasteiger partial charge in [-0.1, -0.05) is 0 Å². The van der Waals surface area contributed by atoms with E-state index in [1.165, 1.54) is 0 Å². The minimum absolute atomic E-state index is 0.0424. The van der Waals surface area contributed by atoms with Gasteiger partial charge in [0.25, 0.3) is 0 Å². The van der Waals surface area contributed by atoms with Crippen molar-refractivity contribution in [2.24, 2.45) is 5.92 Å². The number of hydrogen-bond acceptors (Lipinski definition) is 6. The average Bonchev–Trinajstić information content (AvgIpc) is 3.11. The van der Waals surface area contributed by atoms with Gasteiger partial charge in [-0.25, -0.2) is 4.68 Å². The molecule has 0 spiro atoms. The van der Waals surface area contributed by atoms with Gasteiger partial charge in [-0.05, 0) is 29.2 Å². The highest BCUT2D eigenvalue weighted by molar-refractivity contribution is 5.67. The van der Waals surface area contributed by atoms with Crippen molar-refractivity contribution < 1.29 is 19.4 Å². The molecule has 1 saturated carbocycles. The Bertz CT molecular complexity index is 419. The maximum absolute atomic E-state index is 10.9. The number of aromatic nitrogens is 4. The number of aliphatic carboxylic acids is 1. The highest BCUT2D eigenvalue weighted by atomic mass is 16.5. The number of hydrogen-bond donors (Lipinski definition) is 1. The molecule has 1 aromatic heterocycles. The molecule has 106 valence electrons. The van der Waals surface area contributed by atoms with Crippen LogP contribution in [0.4, 0.5) is 0 Å². The topological polar surface area (TPSA) is 99.4 Å². The zero-order chi connectivity index (χ0) is 13.7. The molecular weight excluding hydrogens is 252 g/mol. The summed E-state index contributed by atoms with van der Waals surface area (Å²) in [6, 6.07) is -0.173. The normalized spacial score (nSPS) is 16.5. The van der Waals surface area contributed by atoms with Crippen molar-refractivity contribution in [1.29, 1.82) is 0 Å². The van der Waals surface area contributed by atoms with Crippen LogP contribution in [0.3, 0.4) is 0 Å². The number of carbonyl (C=O) groups is 1. The smallest absolute Gasteiger partial charge is 0.305 e. The summed E-state index contributed by atoms with van der Waals surface area (Å²) >= 11 is 0. The van der Waals surface area contributed by atoms with Gasteiger partial charge in [-0.3, -0.25) is 4.79 Å². The molecule has 1 aliphatic rings. The number of nitrogens with zero attached hydrogens (tertiary/aromatic N) is 4. The van der Waals surface area contributed by atoms with Crippen LogP contribution in [-0.2, 0) is 20.9 Å². The molecule has 0 bridgehead atoms. The Labute approximate surface area is 110 Å². The van der Waals surface area contributed by atoms with Crippen molar-refractivity contribution in [3.8, 4) is 0 Å². The molecular formula is C11H18N4O4. The zero-order valence-electron chi connectivity index (χ0n) is 10.9. The first-order valence-corrected chi connectivity index (χ1v) is 6.27. The third-order valence-corrected chi connectivity index (χ3v) is 3.09. The van der Waals surface area contributed by atoms with E-state index in [1.54, 1.807) is 11.8 Å². The van der Waals surface area contributed by atoms with Gasteiger partial charge in [0.05, 0.1) is 25.7 Å². The van der Waals surface area contributed by atoms with Gasteiger partial charge in [-0.15, -0.1) is 5.10 Å². The lowest BCUT2D eigenvalue weighted by Gasteiger charge is -2.15. The molecule has 0 aliphatic heterocycles. The predicted octanol–water partition coefficient (Wildman–Crippen LogP) is 0.262. The van der Waals surface area contributed by atoms with Crippen LogP contribution < -0.4 is 0 Å². The van der Waals surface area contributed by atoms with Gasteiger partial charge in [-0.2, -0.15) is 0 Å². The van der Waals surface area contributed by atoms with E-state index in [0.29, 0.717) is 25.0 Å². The summed E-state index contributed by atoms with van der Waals surface area (Å²) in [7, 11) is 1.60. The van der Waals surface area contributed by atoms with E-state index in [2.05, 4.69) is 15.5 Å². The fraction of sp³-hybridized carbons (Fsp3) is 0.818. The van der Waals surface area contributed by atoms with E-state index in [1.807, 2.05) is 0 Å². The molecule has 1 atom stereocenters. The fourth-order valence-electron chi connectivity index (χ4n) is 1.98. The molecule has 1 unspecified atom stereocenters. The monoisotopic (exact) mass is 270 g/mol. The summed E-state index contributed by atoms with van der Waals surface area (Å²) < 4.78 is 11.9. The molecule has 8 heteroatoms. The fourth-order valence-corrected chi connectivity index (χ4v) is 1.98. The van der Waals surface area contributed by atoms with E-state index in [9.17, 15) is 4.79 Å². The van der Waals surface area contributed by atoms with Crippen molar-refractivity contribution in [2.75, 3.05) is 20.3 Å². The Kier molecular flexibility index (Phi) is 4.80. The molecule has 1 fully saturated rings. The minimum Gasteiger partial charge on any atom is -0.481 e. The van der Waals surface area contributed by atoms with Crippen LogP contribution in [0.5, 0.6) is 0 Å². The van der Waals surface area contributed by atoms with Crippen molar-refractivity contribution in [1.82, 2.24) is 20.2 Å². The van der Waals surface area contributed by atoms with Gasteiger partial charge in [0.1, 0.15) is 6.61 Å². The summed E-state index contributed by atoms with van der Waals surface area (Å²) in [4.78, 5) is 10.9. The zero-order valence-corrected chi connectivity index (χ0v) is 10.9. The summed E-state index contributed by atoms with van der Waals surface area (Å²) in [5.41, 5.74) is 0. The summed E-state index contributed by atoms with van der Waals surface area (Å²) in [5.74, 6) is 0.0882. The van der Waals surface area contributed by atoms with Crippen LogP contribution in [0, 0.1) is 5.92 Å². The van der Waals surface area contributed by atoms with Gasteiger partial charge in [0.2, 0.25) is 0 Å². The van der Waals surface area contributed by atoms with Crippen LogP contribution in [0.1, 0.15) is 31.1 Å². The lowest BCUT2D eigenvalue weighted by molar-refractivity contribution is -0.138.